The molecular formula is C19H22N4OS. The average Bonchev–Trinajstić information content (AvgIpc) is 3.26. The lowest BCUT2D eigenvalue weighted by Gasteiger charge is -2.39. The van der Waals surface area contributed by atoms with E-state index < -0.39 is 0 Å². The van der Waals surface area contributed by atoms with Gasteiger partial charge in [0.1, 0.15) is 17.6 Å². The predicted molar refractivity (Wildman–Crippen MR) is 98.5 cm³/mol. The van der Waals surface area contributed by atoms with Gasteiger partial charge in [0, 0.05) is 24.4 Å². The van der Waals surface area contributed by atoms with Gasteiger partial charge in [0.25, 0.3) is 0 Å². The van der Waals surface area contributed by atoms with Crippen molar-refractivity contribution in [3.05, 3.63) is 46.3 Å². The zero-order valence-electron chi connectivity index (χ0n) is 14.1. The molecule has 2 aliphatic rings. The lowest BCUT2D eigenvalue weighted by Crippen LogP contribution is -2.47. The first-order valence-electron chi connectivity index (χ1n) is 8.77. The van der Waals surface area contributed by atoms with E-state index in [-0.39, 0.29) is 11.6 Å². The fourth-order valence-electron chi connectivity index (χ4n) is 3.96. The summed E-state index contributed by atoms with van der Waals surface area (Å²) in [5.74, 6) is 0.760. The Bertz CT molecular complexity index is 757. The van der Waals surface area contributed by atoms with E-state index in [1.165, 1.54) is 11.3 Å². The third-order valence-electron chi connectivity index (χ3n) is 5.00. The summed E-state index contributed by atoms with van der Waals surface area (Å²) in [6, 6.07) is 12.2. The van der Waals surface area contributed by atoms with E-state index in [4.69, 9.17) is 10.00 Å². The number of anilines is 1. The molecule has 0 amide bonds. The second-order valence-corrected chi connectivity index (χ2v) is 7.99. The van der Waals surface area contributed by atoms with Crippen molar-refractivity contribution in [3.63, 3.8) is 0 Å². The number of nitriles is 1. The van der Waals surface area contributed by atoms with Gasteiger partial charge >= 0.3 is 0 Å². The zero-order valence-corrected chi connectivity index (χ0v) is 15.0. The molecule has 2 atom stereocenters. The summed E-state index contributed by atoms with van der Waals surface area (Å²) in [4.78, 5) is 8.26. The zero-order chi connectivity index (χ0) is 17.1. The Morgan fingerprint density at radius 1 is 1.40 bits per heavy atom. The molecule has 4 heterocycles. The third kappa shape index (κ3) is 3.84. The van der Waals surface area contributed by atoms with Gasteiger partial charge in [-0.15, -0.1) is 11.3 Å². The van der Waals surface area contributed by atoms with Crippen LogP contribution < -0.4 is 5.32 Å². The summed E-state index contributed by atoms with van der Waals surface area (Å²) in [6.07, 6.45) is 3.30. The highest BCUT2D eigenvalue weighted by molar-refractivity contribution is 7.09. The molecule has 0 aliphatic carbocycles. The van der Waals surface area contributed by atoms with Gasteiger partial charge < -0.3 is 10.1 Å². The van der Waals surface area contributed by atoms with Gasteiger partial charge in [-0.25, -0.2) is 4.98 Å². The Balaban J connectivity index is 1.38. The molecule has 130 valence electrons. The molecule has 4 rings (SSSR count). The highest BCUT2D eigenvalue weighted by Gasteiger charge is 2.43. The van der Waals surface area contributed by atoms with Crippen LogP contribution in [0.15, 0.2) is 35.7 Å². The van der Waals surface area contributed by atoms with Crippen molar-refractivity contribution in [3.8, 4) is 6.07 Å². The standard InChI is InChI=1S/C19H22N4OS/c20-11-15-4-1-6-18(21-15)22-16-10-19(24-13-16)7-3-8-23(14-19)12-17-5-2-9-25-17/h1-2,4-6,9,16H,3,7-8,10,12-14H2,(H,21,22)/t16-,19-/m0/s1. The first-order chi connectivity index (χ1) is 12.2. The Kier molecular flexibility index (Phi) is 4.71. The van der Waals surface area contributed by atoms with Gasteiger partial charge in [0.15, 0.2) is 0 Å². The SMILES string of the molecule is N#Cc1cccc(N[C@@H]2CO[C@@]3(CCCN(Cc4cccs4)C3)C2)n1. The molecule has 2 fully saturated rings. The number of rotatable bonds is 4. The normalized spacial score (nSPS) is 26.6. The number of hydrogen-bond acceptors (Lipinski definition) is 6. The summed E-state index contributed by atoms with van der Waals surface area (Å²) >= 11 is 1.82. The minimum Gasteiger partial charge on any atom is -0.371 e. The largest absolute Gasteiger partial charge is 0.371 e. The van der Waals surface area contributed by atoms with Gasteiger partial charge in [-0.1, -0.05) is 12.1 Å². The second-order valence-electron chi connectivity index (χ2n) is 6.95. The topological polar surface area (TPSA) is 61.2 Å². The highest BCUT2D eigenvalue weighted by atomic mass is 32.1. The van der Waals surface area contributed by atoms with Crippen molar-refractivity contribution >= 4 is 17.2 Å². The number of thiophene rings is 1. The number of hydrogen-bond donors (Lipinski definition) is 1. The predicted octanol–water partition coefficient (Wildman–Crippen LogP) is 3.25. The number of likely N-dealkylation sites (tertiary alicyclic amines) is 1. The van der Waals surface area contributed by atoms with Crippen LogP contribution in [0.1, 0.15) is 29.8 Å². The summed E-state index contributed by atoms with van der Waals surface area (Å²) in [5.41, 5.74) is 0.401. The maximum atomic E-state index is 8.99. The van der Waals surface area contributed by atoms with Crippen LogP contribution in [-0.2, 0) is 11.3 Å². The van der Waals surface area contributed by atoms with Gasteiger partial charge in [0.05, 0.1) is 18.2 Å². The molecule has 2 aromatic heterocycles. The molecule has 6 heteroatoms. The highest BCUT2D eigenvalue weighted by Crippen LogP contribution is 2.36. The number of nitrogens with one attached hydrogen (secondary N) is 1. The molecule has 2 saturated heterocycles. The van der Waals surface area contributed by atoms with Crippen LogP contribution in [0.4, 0.5) is 5.82 Å². The fraction of sp³-hybridized carbons (Fsp3) is 0.474. The van der Waals surface area contributed by atoms with Gasteiger partial charge in [-0.3, -0.25) is 4.90 Å². The quantitative estimate of drug-likeness (QED) is 0.913. The van der Waals surface area contributed by atoms with Crippen LogP contribution in [0.25, 0.3) is 0 Å². The van der Waals surface area contributed by atoms with Crippen molar-refractivity contribution in [1.82, 2.24) is 9.88 Å². The van der Waals surface area contributed by atoms with E-state index >= 15 is 0 Å². The molecule has 0 aromatic carbocycles. The molecule has 0 bridgehead atoms. The molecule has 2 aliphatic heterocycles. The molecule has 5 nitrogen and oxygen atoms in total. The van der Waals surface area contributed by atoms with E-state index in [2.05, 4.69) is 38.8 Å². The Morgan fingerprint density at radius 3 is 3.20 bits per heavy atom. The van der Waals surface area contributed by atoms with Gasteiger partial charge in [-0.05, 0) is 43.0 Å². The minimum absolute atomic E-state index is 0.0417. The first-order valence-corrected chi connectivity index (χ1v) is 9.65. The number of piperidine rings is 1. The van der Waals surface area contributed by atoms with Crippen molar-refractivity contribution in [2.45, 2.75) is 37.5 Å². The van der Waals surface area contributed by atoms with Crippen molar-refractivity contribution in [2.75, 3.05) is 25.0 Å². The fourth-order valence-corrected chi connectivity index (χ4v) is 4.70. The van der Waals surface area contributed by atoms with Crippen molar-refractivity contribution < 1.29 is 4.74 Å². The van der Waals surface area contributed by atoms with E-state index in [1.54, 1.807) is 6.07 Å². The second kappa shape index (κ2) is 7.12. The molecule has 2 aromatic rings. The van der Waals surface area contributed by atoms with E-state index in [0.717, 1.165) is 38.3 Å². The molecule has 1 spiro atoms. The Labute approximate surface area is 152 Å². The molecule has 0 saturated carbocycles. The monoisotopic (exact) mass is 354 g/mol. The first kappa shape index (κ1) is 16.5. The van der Waals surface area contributed by atoms with Crippen LogP contribution in [-0.4, -0.2) is 41.2 Å². The van der Waals surface area contributed by atoms with Crippen LogP contribution in [0.2, 0.25) is 0 Å². The van der Waals surface area contributed by atoms with Crippen LogP contribution >= 0.6 is 11.3 Å². The van der Waals surface area contributed by atoms with Crippen molar-refractivity contribution in [1.29, 1.82) is 5.26 Å². The third-order valence-corrected chi connectivity index (χ3v) is 5.86. The van der Waals surface area contributed by atoms with E-state index in [1.807, 2.05) is 23.5 Å². The average molecular weight is 354 g/mol. The smallest absolute Gasteiger partial charge is 0.142 e. The van der Waals surface area contributed by atoms with Crippen LogP contribution in [0.5, 0.6) is 0 Å². The summed E-state index contributed by atoms with van der Waals surface area (Å²) in [7, 11) is 0. The minimum atomic E-state index is -0.0417. The van der Waals surface area contributed by atoms with E-state index in [0.29, 0.717) is 12.3 Å². The van der Waals surface area contributed by atoms with E-state index in [9.17, 15) is 0 Å². The Morgan fingerprint density at radius 2 is 2.36 bits per heavy atom. The molecular weight excluding hydrogens is 332 g/mol. The summed E-state index contributed by atoms with van der Waals surface area (Å²) in [5, 5.41) is 14.6. The molecule has 25 heavy (non-hydrogen) atoms. The van der Waals surface area contributed by atoms with Gasteiger partial charge in [0.2, 0.25) is 0 Å². The number of aromatic nitrogens is 1. The maximum Gasteiger partial charge on any atom is 0.142 e. The number of nitrogens with zero attached hydrogens (tertiary/aromatic N) is 3. The summed E-state index contributed by atoms with van der Waals surface area (Å²) < 4.78 is 6.28. The number of pyridine rings is 1. The van der Waals surface area contributed by atoms with Crippen LogP contribution in [0, 0.1) is 11.3 Å². The van der Waals surface area contributed by atoms with Gasteiger partial charge in [-0.2, -0.15) is 5.26 Å². The lowest BCUT2D eigenvalue weighted by molar-refractivity contribution is -0.0531. The Hall–Kier alpha value is -1.94. The number of ether oxygens (including phenoxy) is 1. The van der Waals surface area contributed by atoms with Crippen LogP contribution in [0.3, 0.4) is 0 Å². The maximum absolute atomic E-state index is 8.99. The lowest BCUT2D eigenvalue weighted by atomic mass is 9.88. The summed E-state index contributed by atoms with van der Waals surface area (Å²) in [6.45, 7) is 3.86. The van der Waals surface area contributed by atoms with Crippen molar-refractivity contribution in [2.24, 2.45) is 0 Å². The molecule has 0 unspecified atom stereocenters. The molecule has 0 radical (unpaired) electrons. The molecule has 1 N–H and O–H groups in total.